The number of allylic oxidation sites excluding steroid dienone is 1. The molecule has 3 aliphatic rings. The number of benzene rings is 1. The summed E-state index contributed by atoms with van der Waals surface area (Å²) >= 11 is 0. The standard InChI is InChI=1S/C24H25NO9/c1-8(2)23(32)34-19-11-7-13(27)16(22(25)31)20(29)24(11,33)21(30)17-14(19)9(3)10-5-4-6-12(26)15(10)18(17)28/h4-6,8-9,11,14,19,26-27,30,33H,7H2,1-3H3,(H2,25,31)/t9-,11+,14+,19+,24+/m0/s1. The van der Waals surface area contributed by atoms with Crippen molar-refractivity contribution >= 4 is 23.4 Å². The van der Waals surface area contributed by atoms with Crippen LogP contribution in [-0.4, -0.2) is 55.6 Å². The highest BCUT2D eigenvalue weighted by Crippen LogP contribution is 2.55. The molecule has 4 rings (SSSR count). The Morgan fingerprint density at radius 1 is 1.18 bits per heavy atom. The van der Waals surface area contributed by atoms with E-state index in [1.165, 1.54) is 6.07 Å². The molecule has 34 heavy (non-hydrogen) atoms. The van der Waals surface area contributed by atoms with E-state index in [0.29, 0.717) is 5.56 Å². The average Bonchev–Trinajstić information content (AvgIpc) is 2.75. The Kier molecular flexibility index (Phi) is 5.32. The van der Waals surface area contributed by atoms with Crippen LogP contribution in [0.4, 0.5) is 0 Å². The minimum absolute atomic E-state index is 0.111. The van der Waals surface area contributed by atoms with Gasteiger partial charge in [0, 0.05) is 23.8 Å². The molecule has 10 heteroatoms. The number of hydrogen-bond donors (Lipinski definition) is 5. The Bertz CT molecular complexity index is 1210. The lowest BCUT2D eigenvalue weighted by atomic mass is 9.56. The molecule has 0 aromatic heterocycles. The number of aliphatic hydroxyl groups excluding tert-OH is 2. The molecule has 0 saturated heterocycles. The van der Waals surface area contributed by atoms with Gasteiger partial charge in [-0.25, -0.2) is 0 Å². The van der Waals surface area contributed by atoms with Crippen molar-refractivity contribution < 1.29 is 44.3 Å². The second-order valence-corrected chi connectivity index (χ2v) is 9.30. The van der Waals surface area contributed by atoms with Crippen molar-refractivity contribution in [3.8, 4) is 5.75 Å². The predicted octanol–water partition coefficient (Wildman–Crippen LogP) is 1.32. The maximum atomic E-state index is 13.5. The van der Waals surface area contributed by atoms with Crippen LogP contribution in [0, 0.1) is 17.8 Å². The van der Waals surface area contributed by atoms with Gasteiger partial charge in [0.25, 0.3) is 5.91 Å². The highest BCUT2D eigenvalue weighted by molar-refractivity contribution is 6.24. The number of Topliss-reactive ketones (excluding diaryl/α,β-unsaturated/α-hetero) is 2. The van der Waals surface area contributed by atoms with Crippen molar-refractivity contribution in [2.24, 2.45) is 23.5 Å². The van der Waals surface area contributed by atoms with Crippen LogP contribution in [0.3, 0.4) is 0 Å². The van der Waals surface area contributed by atoms with Crippen LogP contribution >= 0.6 is 0 Å². The Morgan fingerprint density at radius 3 is 2.41 bits per heavy atom. The molecule has 0 fully saturated rings. The van der Waals surface area contributed by atoms with Crippen molar-refractivity contribution in [1.82, 2.24) is 0 Å². The Labute approximate surface area is 194 Å². The molecule has 1 aromatic rings. The molecule has 3 aliphatic carbocycles. The summed E-state index contributed by atoms with van der Waals surface area (Å²) in [5.74, 6) is -9.96. The van der Waals surface area contributed by atoms with Gasteiger partial charge < -0.3 is 30.9 Å². The largest absolute Gasteiger partial charge is 0.511 e. The van der Waals surface area contributed by atoms with Crippen molar-refractivity contribution in [2.75, 3.05) is 0 Å². The number of carbonyl (C=O) groups excluding carboxylic acids is 4. The topological polar surface area (TPSA) is 184 Å². The highest BCUT2D eigenvalue weighted by Gasteiger charge is 2.65. The van der Waals surface area contributed by atoms with E-state index in [9.17, 15) is 39.6 Å². The van der Waals surface area contributed by atoms with E-state index in [0.717, 1.165) is 0 Å². The van der Waals surface area contributed by atoms with E-state index >= 15 is 0 Å². The number of phenols is 1. The van der Waals surface area contributed by atoms with Gasteiger partial charge >= 0.3 is 5.97 Å². The van der Waals surface area contributed by atoms with Gasteiger partial charge in [0.15, 0.2) is 11.4 Å². The summed E-state index contributed by atoms with van der Waals surface area (Å²) in [7, 11) is 0. The second-order valence-electron chi connectivity index (χ2n) is 9.30. The van der Waals surface area contributed by atoms with Crippen molar-refractivity contribution in [3.05, 3.63) is 52.0 Å². The molecule has 0 saturated carbocycles. The third-order valence-corrected chi connectivity index (χ3v) is 7.06. The summed E-state index contributed by atoms with van der Waals surface area (Å²) in [5.41, 5.74) is 1.38. The summed E-state index contributed by atoms with van der Waals surface area (Å²) in [6.07, 6.45) is -1.85. The molecule has 0 heterocycles. The summed E-state index contributed by atoms with van der Waals surface area (Å²) < 4.78 is 5.70. The van der Waals surface area contributed by atoms with Crippen molar-refractivity contribution in [3.63, 3.8) is 0 Å². The second kappa shape index (κ2) is 7.69. The first-order valence-corrected chi connectivity index (χ1v) is 10.8. The lowest BCUT2D eigenvalue weighted by Gasteiger charge is -2.51. The van der Waals surface area contributed by atoms with Gasteiger partial charge in [-0.15, -0.1) is 0 Å². The van der Waals surface area contributed by atoms with Crippen LogP contribution in [0.25, 0.3) is 0 Å². The fourth-order valence-corrected chi connectivity index (χ4v) is 5.35. The molecule has 1 amide bonds. The molecule has 10 nitrogen and oxygen atoms in total. The molecule has 0 aliphatic heterocycles. The van der Waals surface area contributed by atoms with Crippen LogP contribution in [0.15, 0.2) is 40.9 Å². The van der Waals surface area contributed by atoms with E-state index in [1.807, 2.05) is 0 Å². The zero-order valence-electron chi connectivity index (χ0n) is 18.7. The first kappa shape index (κ1) is 23.5. The molecule has 0 unspecified atom stereocenters. The number of ether oxygens (including phenoxy) is 1. The van der Waals surface area contributed by atoms with Crippen molar-refractivity contribution in [2.45, 2.75) is 44.8 Å². The first-order chi connectivity index (χ1) is 15.8. The van der Waals surface area contributed by atoms with Gasteiger partial charge in [-0.3, -0.25) is 19.2 Å². The fourth-order valence-electron chi connectivity index (χ4n) is 5.35. The van der Waals surface area contributed by atoms with E-state index in [4.69, 9.17) is 10.5 Å². The third-order valence-electron chi connectivity index (χ3n) is 7.06. The fraction of sp³-hybridized carbons (Fsp3) is 0.417. The van der Waals surface area contributed by atoms with Crippen LogP contribution in [-0.2, 0) is 19.1 Å². The number of esters is 1. The Hall–Kier alpha value is -3.66. The Balaban J connectivity index is 2.02. The van der Waals surface area contributed by atoms with Gasteiger partial charge in [-0.2, -0.15) is 0 Å². The predicted molar refractivity (Wildman–Crippen MR) is 116 cm³/mol. The Morgan fingerprint density at radius 2 is 1.82 bits per heavy atom. The SMILES string of the molecule is CC(C)C(=O)O[C@H]1[C@H]2C(=C(O)[C@]3(O)C(=O)C(C(N)=O)=C(O)C[C@H]13)C(=O)c1c(O)cccc1[C@@H]2C. The molecular weight excluding hydrogens is 446 g/mol. The highest BCUT2D eigenvalue weighted by atomic mass is 16.5. The summed E-state index contributed by atoms with van der Waals surface area (Å²) in [6.45, 7) is 4.84. The number of aliphatic hydroxyl groups is 3. The first-order valence-electron chi connectivity index (χ1n) is 10.8. The lowest BCUT2D eigenvalue weighted by Crippen LogP contribution is -2.63. The zero-order valence-corrected chi connectivity index (χ0v) is 18.7. The molecular formula is C24H25NO9. The van der Waals surface area contributed by atoms with Crippen LogP contribution < -0.4 is 5.73 Å². The maximum absolute atomic E-state index is 13.5. The zero-order chi connectivity index (χ0) is 25.3. The van der Waals surface area contributed by atoms with Gasteiger partial charge in [-0.1, -0.05) is 32.9 Å². The number of amides is 1. The normalized spacial score (nSPS) is 30.6. The van der Waals surface area contributed by atoms with Gasteiger partial charge in [0.2, 0.25) is 5.78 Å². The van der Waals surface area contributed by atoms with Gasteiger partial charge in [0.1, 0.15) is 28.9 Å². The molecule has 0 radical (unpaired) electrons. The van der Waals surface area contributed by atoms with E-state index in [-0.39, 0.29) is 11.3 Å². The number of primary amides is 1. The molecule has 0 spiro atoms. The van der Waals surface area contributed by atoms with Crippen LogP contribution in [0.5, 0.6) is 5.75 Å². The van der Waals surface area contributed by atoms with Gasteiger partial charge in [0.05, 0.1) is 11.5 Å². The van der Waals surface area contributed by atoms with Crippen LogP contribution in [0.1, 0.15) is 49.0 Å². The van der Waals surface area contributed by atoms with Gasteiger partial charge in [-0.05, 0) is 17.5 Å². The molecule has 6 N–H and O–H groups in total. The summed E-state index contributed by atoms with van der Waals surface area (Å²) in [4.78, 5) is 51.2. The number of nitrogens with two attached hydrogens (primary N) is 1. The molecule has 5 atom stereocenters. The number of fused-ring (bicyclic) bond motifs is 3. The minimum Gasteiger partial charge on any atom is -0.511 e. The maximum Gasteiger partial charge on any atom is 0.308 e. The summed E-state index contributed by atoms with van der Waals surface area (Å²) in [6, 6.07) is 4.44. The summed E-state index contributed by atoms with van der Waals surface area (Å²) in [5, 5.41) is 43.5. The van der Waals surface area contributed by atoms with E-state index in [2.05, 4.69) is 0 Å². The molecule has 0 bridgehead atoms. The lowest BCUT2D eigenvalue weighted by molar-refractivity contribution is -0.177. The third kappa shape index (κ3) is 2.98. The number of hydrogen-bond acceptors (Lipinski definition) is 9. The smallest absolute Gasteiger partial charge is 0.308 e. The number of carbonyl (C=O) groups is 4. The number of phenolic OH excluding ortho intramolecular Hbond substituents is 1. The number of rotatable bonds is 3. The van der Waals surface area contributed by atoms with E-state index in [1.54, 1.807) is 32.9 Å². The number of ketones is 2. The van der Waals surface area contributed by atoms with E-state index < -0.39 is 87.9 Å². The minimum atomic E-state index is -2.86. The number of aromatic hydroxyl groups is 1. The van der Waals surface area contributed by atoms with Crippen LogP contribution in [0.2, 0.25) is 0 Å². The molecule has 180 valence electrons. The monoisotopic (exact) mass is 471 g/mol. The van der Waals surface area contributed by atoms with Crippen molar-refractivity contribution in [1.29, 1.82) is 0 Å². The average molecular weight is 471 g/mol. The molecule has 1 aromatic carbocycles. The quantitative estimate of drug-likeness (QED) is 0.320.